The number of hydrogen-bond donors (Lipinski definition) is 1. The van der Waals surface area contributed by atoms with E-state index in [1.807, 2.05) is 18.2 Å². The van der Waals surface area contributed by atoms with Gasteiger partial charge in [-0.3, -0.25) is 0 Å². The standard InChI is InChI=1S/C20H15F2N3O/c1-11-18(13-5-8-16(21)17(22)9-13)15(10-23)20(24)25-19(11)12-3-6-14(26-2)7-4-12/h3-9H,1-2H3,(H2,24,25). The summed E-state index contributed by atoms with van der Waals surface area (Å²) in [5, 5.41) is 9.48. The van der Waals surface area contributed by atoms with Crippen molar-refractivity contribution < 1.29 is 13.5 Å². The Morgan fingerprint density at radius 3 is 2.27 bits per heavy atom. The SMILES string of the molecule is COc1ccc(-c2nc(N)c(C#N)c(-c3ccc(F)c(F)c3)c2C)cc1. The number of methoxy groups -OCH3 is 1. The number of anilines is 1. The molecule has 4 nitrogen and oxygen atoms in total. The largest absolute Gasteiger partial charge is 0.497 e. The second-order valence-corrected chi connectivity index (χ2v) is 5.69. The molecule has 0 atom stereocenters. The van der Waals surface area contributed by atoms with Crippen LogP contribution in [0, 0.1) is 29.9 Å². The smallest absolute Gasteiger partial charge is 0.159 e. The maximum atomic E-state index is 13.7. The average molecular weight is 351 g/mol. The maximum absolute atomic E-state index is 13.7. The minimum atomic E-state index is -0.993. The van der Waals surface area contributed by atoms with Gasteiger partial charge in [0.05, 0.1) is 12.8 Å². The van der Waals surface area contributed by atoms with Gasteiger partial charge in [0.2, 0.25) is 0 Å². The van der Waals surface area contributed by atoms with Crippen molar-refractivity contribution in [3.05, 3.63) is 65.2 Å². The van der Waals surface area contributed by atoms with E-state index in [0.717, 1.165) is 17.7 Å². The molecule has 6 heteroatoms. The monoisotopic (exact) mass is 351 g/mol. The third-order valence-corrected chi connectivity index (χ3v) is 4.15. The van der Waals surface area contributed by atoms with Gasteiger partial charge in [0.1, 0.15) is 23.2 Å². The van der Waals surface area contributed by atoms with Gasteiger partial charge >= 0.3 is 0 Å². The zero-order valence-corrected chi connectivity index (χ0v) is 14.2. The summed E-state index contributed by atoms with van der Waals surface area (Å²) in [6.45, 7) is 1.77. The molecule has 0 aliphatic rings. The van der Waals surface area contributed by atoms with Crippen LogP contribution in [0.5, 0.6) is 5.75 Å². The number of nitrogens with zero attached hydrogens (tertiary/aromatic N) is 2. The summed E-state index contributed by atoms with van der Waals surface area (Å²) >= 11 is 0. The highest BCUT2D eigenvalue weighted by Gasteiger charge is 2.19. The lowest BCUT2D eigenvalue weighted by atomic mass is 9.92. The predicted molar refractivity (Wildman–Crippen MR) is 95.4 cm³/mol. The molecule has 1 aromatic heterocycles. The molecule has 2 N–H and O–H groups in total. The van der Waals surface area contributed by atoms with Crippen LogP contribution in [0.1, 0.15) is 11.1 Å². The summed E-state index contributed by atoms with van der Waals surface area (Å²) in [4.78, 5) is 4.34. The van der Waals surface area contributed by atoms with E-state index in [4.69, 9.17) is 10.5 Å². The lowest BCUT2D eigenvalue weighted by molar-refractivity contribution is 0.415. The highest BCUT2D eigenvalue weighted by molar-refractivity contribution is 5.84. The van der Waals surface area contributed by atoms with Crippen molar-refractivity contribution in [1.29, 1.82) is 5.26 Å². The molecule has 0 bridgehead atoms. The molecular formula is C20H15F2N3O. The van der Waals surface area contributed by atoms with Crippen LogP contribution in [0.2, 0.25) is 0 Å². The van der Waals surface area contributed by atoms with Gasteiger partial charge in [0.25, 0.3) is 0 Å². The van der Waals surface area contributed by atoms with Crippen molar-refractivity contribution in [1.82, 2.24) is 4.98 Å². The summed E-state index contributed by atoms with van der Waals surface area (Å²) in [6.07, 6.45) is 0. The Bertz CT molecular complexity index is 1020. The van der Waals surface area contributed by atoms with Gasteiger partial charge in [-0.05, 0) is 54.4 Å². The summed E-state index contributed by atoms with van der Waals surface area (Å²) in [5.41, 5.74) is 8.87. The number of nitrogens with two attached hydrogens (primary N) is 1. The first-order valence-electron chi connectivity index (χ1n) is 7.76. The lowest BCUT2D eigenvalue weighted by Gasteiger charge is -2.15. The number of nitriles is 1. The quantitative estimate of drug-likeness (QED) is 0.756. The van der Waals surface area contributed by atoms with Gasteiger partial charge < -0.3 is 10.5 Å². The molecule has 0 saturated carbocycles. The molecule has 2 aromatic carbocycles. The van der Waals surface area contributed by atoms with E-state index in [2.05, 4.69) is 4.98 Å². The lowest BCUT2D eigenvalue weighted by Crippen LogP contribution is -2.03. The molecule has 0 fully saturated rings. The van der Waals surface area contributed by atoms with Crippen molar-refractivity contribution in [2.45, 2.75) is 6.92 Å². The van der Waals surface area contributed by atoms with E-state index >= 15 is 0 Å². The Balaban J connectivity index is 2.27. The first kappa shape index (κ1) is 17.4. The fourth-order valence-electron chi connectivity index (χ4n) is 2.85. The van der Waals surface area contributed by atoms with Crippen LogP contribution in [0.25, 0.3) is 22.4 Å². The van der Waals surface area contributed by atoms with E-state index in [-0.39, 0.29) is 11.4 Å². The summed E-state index contributed by atoms with van der Waals surface area (Å²) in [5.74, 6) is -1.23. The second-order valence-electron chi connectivity index (χ2n) is 5.69. The van der Waals surface area contributed by atoms with Gasteiger partial charge in [-0.25, -0.2) is 13.8 Å². The van der Waals surface area contributed by atoms with E-state index < -0.39 is 11.6 Å². The van der Waals surface area contributed by atoms with Crippen LogP contribution < -0.4 is 10.5 Å². The molecular weight excluding hydrogens is 336 g/mol. The number of rotatable bonds is 3. The Morgan fingerprint density at radius 2 is 1.69 bits per heavy atom. The fourth-order valence-corrected chi connectivity index (χ4v) is 2.85. The van der Waals surface area contributed by atoms with Crippen molar-refractivity contribution >= 4 is 5.82 Å². The Kier molecular flexibility index (Phi) is 4.55. The number of benzene rings is 2. The van der Waals surface area contributed by atoms with Gasteiger partial charge in [-0.2, -0.15) is 5.26 Å². The molecule has 0 unspecified atom stereocenters. The molecule has 3 rings (SSSR count). The molecule has 130 valence electrons. The molecule has 0 aliphatic carbocycles. The van der Waals surface area contributed by atoms with E-state index in [0.29, 0.717) is 28.1 Å². The number of halogens is 2. The molecule has 0 radical (unpaired) electrons. The summed E-state index contributed by atoms with van der Waals surface area (Å²) < 4.78 is 32.2. The third kappa shape index (κ3) is 2.95. The minimum Gasteiger partial charge on any atom is -0.497 e. The predicted octanol–water partition coefficient (Wildman–Crippen LogP) is 4.46. The third-order valence-electron chi connectivity index (χ3n) is 4.15. The summed E-state index contributed by atoms with van der Waals surface area (Å²) in [7, 11) is 1.57. The van der Waals surface area contributed by atoms with Crippen LogP contribution in [-0.2, 0) is 0 Å². The van der Waals surface area contributed by atoms with E-state index in [9.17, 15) is 14.0 Å². The Hall–Kier alpha value is -3.46. The molecule has 0 amide bonds. The average Bonchev–Trinajstić information content (AvgIpc) is 2.65. The van der Waals surface area contributed by atoms with E-state index in [1.165, 1.54) is 6.07 Å². The van der Waals surface area contributed by atoms with Crippen LogP contribution in [0.15, 0.2) is 42.5 Å². The number of ether oxygens (including phenoxy) is 1. The maximum Gasteiger partial charge on any atom is 0.159 e. The molecule has 0 spiro atoms. The summed E-state index contributed by atoms with van der Waals surface area (Å²) in [6, 6.07) is 12.7. The normalized spacial score (nSPS) is 10.4. The topological polar surface area (TPSA) is 71.9 Å². The highest BCUT2D eigenvalue weighted by Crippen LogP contribution is 2.36. The molecule has 26 heavy (non-hydrogen) atoms. The van der Waals surface area contributed by atoms with Gasteiger partial charge in [0.15, 0.2) is 11.6 Å². The number of hydrogen-bond acceptors (Lipinski definition) is 4. The van der Waals surface area contributed by atoms with Crippen LogP contribution in [-0.4, -0.2) is 12.1 Å². The molecule has 3 aromatic rings. The Morgan fingerprint density at radius 1 is 1.04 bits per heavy atom. The number of nitrogen functional groups attached to an aromatic ring is 1. The zero-order chi connectivity index (χ0) is 18.8. The van der Waals surface area contributed by atoms with Crippen molar-refractivity contribution in [2.24, 2.45) is 0 Å². The van der Waals surface area contributed by atoms with Gasteiger partial charge in [-0.1, -0.05) is 6.07 Å². The zero-order valence-electron chi connectivity index (χ0n) is 14.2. The Labute approximate surface area is 149 Å². The second kappa shape index (κ2) is 6.81. The fraction of sp³-hybridized carbons (Fsp3) is 0.100. The molecule has 0 aliphatic heterocycles. The molecule has 1 heterocycles. The van der Waals surface area contributed by atoms with Gasteiger partial charge in [0, 0.05) is 11.1 Å². The van der Waals surface area contributed by atoms with Crippen LogP contribution in [0.4, 0.5) is 14.6 Å². The van der Waals surface area contributed by atoms with Gasteiger partial charge in [-0.15, -0.1) is 0 Å². The van der Waals surface area contributed by atoms with Crippen molar-refractivity contribution in [3.63, 3.8) is 0 Å². The first-order chi connectivity index (χ1) is 12.5. The van der Waals surface area contributed by atoms with Crippen molar-refractivity contribution in [2.75, 3.05) is 12.8 Å². The first-order valence-corrected chi connectivity index (χ1v) is 7.76. The van der Waals surface area contributed by atoms with Crippen molar-refractivity contribution in [3.8, 4) is 34.2 Å². The highest BCUT2D eigenvalue weighted by atomic mass is 19.2. The van der Waals surface area contributed by atoms with E-state index in [1.54, 1.807) is 26.2 Å². The number of pyridine rings is 1. The van der Waals surface area contributed by atoms with Crippen LogP contribution in [0.3, 0.4) is 0 Å². The minimum absolute atomic E-state index is 0.0312. The number of aromatic nitrogens is 1. The molecule has 0 saturated heterocycles. The van der Waals surface area contributed by atoms with Crippen LogP contribution >= 0.6 is 0 Å².